The Labute approximate surface area is 157 Å². The van der Waals surface area contributed by atoms with E-state index in [0.29, 0.717) is 50.3 Å². The van der Waals surface area contributed by atoms with Gasteiger partial charge in [0.1, 0.15) is 5.69 Å². The minimum Gasteiger partial charge on any atom is -0.378 e. The molecule has 1 aliphatic heterocycles. The summed E-state index contributed by atoms with van der Waals surface area (Å²) in [5, 5.41) is 1.44. The van der Waals surface area contributed by atoms with Crippen molar-refractivity contribution in [3.63, 3.8) is 0 Å². The van der Waals surface area contributed by atoms with Crippen molar-refractivity contribution in [2.75, 3.05) is 26.3 Å². The number of aryl methyl sites for hydroxylation is 1. The number of rotatable bonds is 4. The summed E-state index contributed by atoms with van der Waals surface area (Å²) < 4.78 is 6.98. The van der Waals surface area contributed by atoms with E-state index < -0.39 is 0 Å². The molecule has 2 aromatic carbocycles. The Balaban J connectivity index is 1.75. The summed E-state index contributed by atoms with van der Waals surface area (Å²) in [5.74, 6) is -0.103. The van der Waals surface area contributed by atoms with E-state index in [9.17, 15) is 9.59 Å². The Morgan fingerprint density at radius 2 is 1.67 bits per heavy atom. The first-order chi connectivity index (χ1) is 13.2. The first-order valence-corrected chi connectivity index (χ1v) is 9.27. The molecule has 0 atom stereocenters. The third kappa shape index (κ3) is 3.64. The predicted molar refractivity (Wildman–Crippen MR) is 105 cm³/mol. The van der Waals surface area contributed by atoms with Gasteiger partial charge >= 0.3 is 0 Å². The number of aromatic nitrogens is 1. The number of nitrogens with zero attached hydrogens (tertiary/aromatic N) is 2. The predicted octanol–water partition coefficient (Wildman–Crippen LogP) is 2.72. The fourth-order valence-electron chi connectivity index (χ4n) is 3.51. The molecule has 0 unspecified atom stereocenters. The second kappa shape index (κ2) is 7.76. The minimum atomic E-state index is -0.111. The van der Waals surface area contributed by atoms with Gasteiger partial charge in [0.25, 0.3) is 11.5 Å². The van der Waals surface area contributed by atoms with Crippen LogP contribution in [0.4, 0.5) is 0 Å². The van der Waals surface area contributed by atoms with Gasteiger partial charge in [-0.15, -0.1) is 0 Å². The Bertz CT molecular complexity index is 1000. The molecule has 1 amide bonds. The fraction of sp³-hybridized carbons (Fsp3) is 0.273. The molecule has 27 heavy (non-hydrogen) atoms. The van der Waals surface area contributed by atoms with Crippen LogP contribution in [0, 0.1) is 0 Å². The third-order valence-electron chi connectivity index (χ3n) is 5.00. The lowest BCUT2D eigenvalue weighted by molar-refractivity contribution is 0.0295. The number of ether oxygens (including phenoxy) is 1. The molecule has 138 valence electrons. The number of amides is 1. The van der Waals surface area contributed by atoms with Gasteiger partial charge < -0.3 is 14.2 Å². The first-order valence-electron chi connectivity index (χ1n) is 9.27. The second-order valence-electron chi connectivity index (χ2n) is 6.71. The maximum absolute atomic E-state index is 13.1. The van der Waals surface area contributed by atoms with E-state index in [4.69, 9.17) is 4.74 Å². The van der Waals surface area contributed by atoms with E-state index >= 15 is 0 Å². The van der Waals surface area contributed by atoms with E-state index in [2.05, 4.69) is 0 Å². The van der Waals surface area contributed by atoms with Crippen LogP contribution < -0.4 is 5.56 Å². The number of hydrogen-bond donors (Lipinski definition) is 0. The number of carbonyl (C=O) groups is 1. The zero-order valence-electron chi connectivity index (χ0n) is 15.1. The monoisotopic (exact) mass is 362 g/mol. The molecule has 0 saturated carbocycles. The third-order valence-corrected chi connectivity index (χ3v) is 5.00. The Hall–Kier alpha value is -2.92. The quantitative estimate of drug-likeness (QED) is 0.717. The highest BCUT2D eigenvalue weighted by Gasteiger charge is 2.22. The van der Waals surface area contributed by atoms with Crippen molar-refractivity contribution in [2.24, 2.45) is 0 Å². The van der Waals surface area contributed by atoms with E-state index in [1.54, 1.807) is 9.47 Å². The molecule has 4 rings (SSSR count). The lowest BCUT2D eigenvalue weighted by Gasteiger charge is -2.28. The number of pyridine rings is 1. The molecular formula is C22H22N2O3. The van der Waals surface area contributed by atoms with E-state index in [0.717, 1.165) is 10.9 Å². The summed E-state index contributed by atoms with van der Waals surface area (Å²) in [6.07, 6.45) is 0.697. The topological polar surface area (TPSA) is 51.5 Å². The van der Waals surface area contributed by atoms with Crippen molar-refractivity contribution in [2.45, 2.75) is 13.0 Å². The summed E-state index contributed by atoms with van der Waals surface area (Å²) in [6, 6.07) is 19.3. The Morgan fingerprint density at radius 1 is 0.963 bits per heavy atom. The van der Waals surface area contributed by atoms with Crippen molar-refractivity contribution in [3.05, 3.63) is 82.3 Å². The van der Waals surface area contributed by atoms with Gasteiger partial charge in [-0.05, 0) is 29.5 Å². The highest BCUT2D eigenvalue weighted by molar-refractivity contribution is 5.96. The smallest absolute Gasteiger partial charge is 0.270 e. The highest BCUT2D eigenvalue weighted by atomic mass is 16.5. The standard InChI is InChI=1S/C22H22N2O3/c25-21-19-9-5-4-8-18(19)16-20(22(26)23-12-14-27-15-13-23)24(21)11-10-17-6-2-1-3-7-17/h1-9,16H,10-15H2. The normalized spacial score (nSPS) is 14.4. The van der Waals surface area contributed by atoms with E-state index in [1.807, 2.05) is 60.7 Å². The van der Waals surface area contributed by atoms with Crippen molar-refractivity contribution in [1.82, 2.24) is 9.47 Å². The number of fused-ring (bicyclic) bond motifs is 1. The maximum Gasteiger partial charge on any atom is 0.270 e. The Morgan fingerprint density at radius 3 is 2.44 bits per heavy atom. The van der Waals surface area contributed by atoms with Crippen molar-refractivity contribution >= 4 is 16.7 Å². The van der Waals surface area contributed by atoms with Crippen LogP contribution in [0.15, 0.2) is 65.5 Å². The van der Waals surface area contributed by atoms with Crippen molar-refractivity contribution < 1.29 is 9.53 Å². The molecule has 3 aromatic rings. The zero-order valence-corrected chi connectivity index (χ0v) is 15.1. The summed E-state index contributed by atoms with van der Waals surface area (Å²) in [4.78, 5) is 28.0. The van der Waals surface area contributed by atoms with Crippen LogP contribution in [0.3, 0.4) is 0 Å². The molecule has 1 aliphatic rings. The number of benzene rings is 2. The summed E-state index contributed by atoms with van der Waals surface area (Å²) in [5.41, 5.74) is 1.49. The minimum absolute atomic E-state index is 0.103. The van der Waals surface area contributed by atoms with Gasteiger partial charge in [0.05, 0.1) is 13.2 Å². The van der Waals surface area contributed by atoms with Crippen LogP contribution in [0.5, 0.6) is 0 Å². The fourth-order valence-corrected chi connectivity index (χ4v) is 3.51. The molecule has 1 aromatic heterocycles. The lowest BCUT2D eigenvalue weighted by atomic mass is 10.1. The molecule has 5 nitrogen and oxygen atoms in total. The van der Waals surface area contributed by atoms with Gasteiger partial charge in [0, 0.05) is 25.0 Å². The van der Waals surface area contributed by atoms with Gasteiger partial charge in [-0.1, -0.05) is 48.5 Å². The molecule has 5 heteroatoms. The molecule has 0 radical (unpaired) electrons. The van der Waals surface area contributed by atoms with E-state index in [-0.39, 0.29) is 11.5 Å². The number of hydrogen-bond acceptors (Lipinski definition) is 3. The van der Waals surface area contributed by atoms with Crippen LogP contribution in [0.2, 0.25) is 0 Å². The summed E-state index contributed by atoms with van der Waals surface area (Å²) in [6.45, 7) is 2.65. The van der Waals surface area contributed by atoms with Crippen LogP contribution in [-0.4, -0.2) is 41.7 Å². The first kappa shape index (κ1) is 17.5. The van der Waals surface area contributed by atoms with Gasteiger partial charge in [-0.3, -0.25) is 9.59 Å². The molecule has 0 aliphatic carbocycles. The molecule has 0 N–H and O–H groups in total. The van der Waals surface area contributed by atoms with Gasteiger partial charge in [-0.25, -0.2) is 0 Å². The van der Waals surface area contributed by atoms with Crippen LogP contribution in [0.25, 0.3) is 10.8 Å². The molecule has 0 spiro atoms. The summed E-state index contributed by atoms with van der Waals surface area (Å²) >= 11 is 0. The van der Waals surface area contributed by atoms with Gasteiger partial charge in [0.15, 0.2) is 0 Å². The second-order valence-corrected chi connectivity index (χ2v) is 6.71. The maximum atomic E-state index is 13.1. The summed E-state index contributed by atoms with van der Waals surface area (Å²) in [7, 11) is 0. The molecule has 1 fully saturated rings. The largest absolute Gasteiger partial charge is 0.378 e. The Kier molecular flexibility index (Phi) is 5.03. The molecule has 1 saturated heterocycles. The highest BCUT2D eigenvalue weighted by Crippen LogP contribution is 2.15. The van der Waals surface area contributed by atoms with E-state index in [1.165, 1.54) is 0 Å². The molecule has 0 bridgehead atoms. The SMILES string of the molecule is O=C(c1cc2ccccc2c(=O)n1CCc1ccccc1)N1CCOCC1. The average Bonchev–Trinajstić information content (AvgIpc) is 2.74. The zero-order chi connectivity index (χ0) is 18.6. The van der Waals surface area contributed by atoms with Crippen LogP contribution >= 0.6 is 0 Å². The van der Waals surface area contributed by atoms with Gasteiger partial charge in [0.2, 0.25) is 0 Å². The molecular weight excluding hydrogens is 340 g/mol. The average molecular weight is 362 g/mol. The van der Waals surface area contributed by atoms with Crippen molar-refractivity contribution in [3.8, 4) is 0 Å². The van der Waals surface area contributed by atoms with Gasteiger partial charge in [-0.2, -0.15) is 0 Å². The lowest BCUT2D eigenvalue weighted by Crippen LogP contribution is -2.43. The van der Waals surface area contributed by atoms with Crippen LogP contribution in [0.1, 0.15) is 16.1 Å². The van der Waals surface area contributed by atoms with Crippen molar-refractivity contribution in [1.29, 1.82) is 0 Å². The van der Waals surface area contributed by atoms with Crippen LogP contribution in [-0.2, 0) is 17.7 Å². The molecule has 2 heterocycles. The number of carbonyl (C=O) groups excluding carboxylic acids is 1. The number of morpholine rings is 1.